The Morgan fingerprint density at radius 3 is 2.58 bits per heavy atom. The van der Waals surface area contributed by atoms with Gasteiger partial charge >= 0.3 is 6.03 Å². The predicted molar refractivity (Wildman–Crippen MR) is 120 cm³/mol. The van der Waals surface area contributed by atoms with E-state index in [1.165, 1.54) is 12.1 Å². The number of benzene rings is 2. The van der Waals surface area contributed by atoms with Gasteiger partial charge in [-0.3, -0.25) is 0 Å². The molecule has 1 N–H and O–H groups in total. The van der Waals surface area contributed by atoms with E-state index in [4.69, 9.17) is 4.74 Å². The van der Waals surface area contributed by atoms with E-state index in [0.717, 1.165) is 17.4 Å². The highest BCUT2D eigenvalue weighted by Gasteiger charge is 2.22. The molecule has 10 heteroatoms. The van der Waals surface area contributed by atoms with Crippen molar-refractivity contribution < 1.29 is 18.3 Å². The predicted octanol–water partition coefficient (Wildman–Crippen LogP) is 3.28. The Labute approximate surface area is 190 Å². The summed E-state index contributed by atoms with van der Waals surface area (Å²) in [6, 6.07) is 8.98. The number of nitrogens with one attached hydrogen (secondary N) is 1. The Bertz CT molecular complexity index is 1130. The van der Waals surface area contributed by atoms with Gasteiger partial charge in [0.05, 0.1) is 6.61 Å². The lowest BCUT2D eigenvalue weighted by atomic mass is 10.2. The van der Waals surface area contributed by atoms with Gasteiger partial charge in [-0.05, 0) is 32.0 Å². The Morgan fingerprint density at radius 1 is 1.12 bits per heavy atom. The molecule has 8 nitrogen and oxygen atoms in total. The molecule has 0 unspecified atom stereocenters. The van der Waals surface area contributed by atoms with Crippen LogP contribution < -0.4 is 15.0 Å². The van der Waals surface area contributed by atoms with E-state index in [9.17, 15) is 13.6 Å². The van der Waals surface area contributed by atoms with E-state index in [2.05, 4.69) is 20.3 Å². The van der Waals surface area contributed by atoms with Crippen molar-refractivity contribution in [3.8, 4) is 11.4 Å². The summed E-state index contributed by atoms with van der Waals surface area (Å²) in [7, 11) is 0. The number of ether oxygens (including phenoxy) is 1. The molecular formula is C23H26F2N6O2. The number of rotatable bonds is 6. The van der Waals surface area contributed by atoms with Crippen LogP contribution in [-0.4, -0.2) is 58.5 Å². The zero-order valence-electron chi connectivity index (χ0n) is 18.6. The standard InChI is InChI=1S/C23H26F2N6O2/c1-3-33-22-13-19(6-7-21(22)31-15-27-16(2)28-31)29-8-10-30(11-9-29)23(32)26-14-17-4-5-18(24)12-20(17)25/h4-7,12-13,15H,3,8-11,14H2,1-2H3,(H,26,32). The summed E-state index contributed by atoms with van der Waals surface area (Å²) in [5, 5.41) is 7.07. The Hall–Kier alpha value is -3.69. The minimum atomic E-state index is -0.672. The van der Waals surface area contributed by atoms with Crippen molar-refractivity contribution in [2.45, 2.75) is 20.4 Å². The van der Waals surface area contributed by atoms with Gasteiger partial charge in [-0.15, -0.1) is 0 Å². The van der Waals surface area contributed by atoms with Crippen LogP contribution in [0.15, 0.2) is 42.7 Å². The van der Waals surface area contributed by atoms with Gasteiger partial charge in [0.25, 0.3) is 0 Å². The quantitative estimate of drug-likeness (QED) is 0.616. The minimum absolute atomic E-state index is 0.00605. The molecule has 174 valence electrons. The van der Waals surface area contributed by atoms with Crippen molar-refractivity contribution in [2.75, 3.05) is 37.7 Å². The fourth-order valence-corrected chi connectivity index (χ4v) is 3.74. The molecule has 3 aromatic rings. The summed E-state index contributed by atoms with van der Waals surface area (Å²) in [4.78, 5) is 20.6. The van der Waals surface area contributed by atoms with E-state index in [1.807, 2.05) is 32.0 Å². The number of hydrogen-bond donors (Lipinski definition) is 1. The molecule has 0 bridgehead atoms. The second kappa shape index (κ2) is 9.85. The molecule has 33 heavy (non-hydrogen) atoms. The number of halogens is 2. The van der Waals surface area contributed by atoms with E-state index in [-0.39, 0.29) is 18.1 Å². The van der Waals surface area contributed by atoms with E-state index < -0.39 is 11.6 Å². The number of piperazine rings is 1. The van der Waals surface area contributed by atoms with Crippen molar-refractivity contribution >= 4 is 11.7 Å². The number of hydrogen-bond acceptors (Lipinski definition) is 5. The molecule has 1 aliphatic rings. The van der Waals surface area contributed by atoms with Crippen LogP contribution in [0, 0.1) is 18.6 Å². The minimum Gasteiger partial charge on any atom is -0.492 e. The normalized spacial score (nSPS) is 13.8. The fraction of sp³-hybridized carbons (Fsp3) is 0.348. The summed E-state index contributed by atoms with van der Waals surface area (Å²) >= 11 is 0. The molecule has 2 heterocycles. The molecule has 0 atom stereocenters. The van der Waals surface area contributed by atoms with Crippen LogP contribution in [0.5, 0.6) is 5.75 Å². The van der Waals surface area contributed by atoms with Crippen LogP contribution >= 0.6 is 0 Å². The summed E-state index contributed by atoms with van der Waals surface area (Å²) in [6.45, 7) is 6.61. The van der Waals surface area contributed by atoms with E-state index >= 15 is 0 Å². The molecule has 1 aliphatic heterocycles. The molecule has 0 saturated carbocycles. The van der Waals surface area contributed by atoms with Crippen LogP contribution in [0.1, 0.15) is 18.3 Å². The van der Waals surface area contributed by atoms with Gasteiger partial charge in [0.1, 0.15) is 35.2 Å². The first-order valence-corrected chi connectivity index (χ1v) is 10.8. The highest BCUT2D eigenvalue weighted by atomic mass is 19.1. The SMILES string of the molecule is CCOc1cc(N2CCN(C(=O)NCc3ccc(F)cc3F)CC2)ccc1-n1cnc(C)n1. The lowest BCUT2D eigenvalue weighted by Crippen LogP contribution is -2.51. The number of carbonyl (C=O) groups excluding carboxylic acids is 1. The first kappa shape index (κ1) is 22.5. The van der Waals surface area contributed by atoms with E-state index in [1.54, 1.807) is 15.9 Å². The maximum absolute atomic E-state index is 13.8. The number of urea groups is 1. The molecular weight excluding hydrogens is 430 g/mol. The topological polar surface area (TPSA) is 75.5 Å². The van der Waals surface area contributed by atoms with Crippen molar-refractivity contribution in [3.63, 3.8) is 0 Å². The second-order valence-corrected chi connectivity index (χ2v) is 7.69. The molecule has 0 aliphatic carbocycles. The molecule has 1 saturated heterocycles. The van der Waals surface area contributed by atoms with Crippen LogP contribution in [0.4, 0.5) is 19.3 Å². The highest BCUT2D eigenvalue weighted by Crippen LogP contribution is 2.29. The monoisotopic (exact) mass is 456 g/mol. The summed E-state index contributed by atoms with van der Waals surface area (Å²) in [6.07, 6.45) is 1.65. The molecule has 1 aromatic heterocycles. The van der Waals surface area contributed by atoms with Crippen LogP contribution in [0.2, 0.25) is 0 Å². The van der Waals surface area contributed by atoms with Gasteiger partial charge in [0, 0.05) is 56.1 Å². The van der Waals surface area contributed by atoms with Crippen LogP contribution in [-0.2, 0) is 6.54 Å². The Kier molecular flexibility index (Phi) is 6.71. The highest BCUT2D eigenvalue weighted by molar-refractivity contribution is 5.74. The number of anilines is 1. The van der Waals surface area contributed by atoms with Gasteiger partial charge in [-0.1, -0.05) is 6.07 Å². The smallest absolute Gasteiger partial charge is 0.317 e. The molecule has 0 spiro atoms. The third-order valence-electron chi connectivity index (χ3n) is 5.47. The first-order chi connectivity index (χ1) is 15.9. The second-order valence-electron chi connectivity index (χ2n) is 7.69. The van der Waals surface area contributed by atoms with Gasteiger partial charge in [-0.2, -0.15) is 5.10 Å². The van der Waals surface area contributed by atoms with Crippen molar-refractivity contribution in [1.82, 2.24) is 25.0 Å². The molecule has 2 aromatic carbocycles. The van der Waals surface area contributed by atoms with Crippen molar-refractivity contribution in [2.24, 2.45) is 0 Å². The number of aromatic nitrogens is 3. The van der Waals surface area contributed by atoms with Gasteiger partial charge in [-0.25, -0.2) is 23.2 Å². The zero-order chi connectivity index (χ0) is 23.4. The maximum atomic E-state index is 13.8. The Balaban J connectivity index is 1.37. The molecule has 4 rings (SSSR count). The molecule has 1 fully saturated rings. The number of nitrogens with zero attached hydrogens (tertiary/aromatic N) is 5. The number of amides is 2. The Morgan fingerprint density at radius 2 is 1.91 bits per heavy atom. The summed E-state index contributed by atoms with van der Waals surface area (Å²) in [5.41, 5.74) is 2.05. The average molecular weight is 456 g/mol. The lowest BCUT2D eigenvalue weighted by Gasteiger charge is -2.36. The third-order valence-corrected chi connectivity index (χ3v) is 5.47. The van der Waals surface area contributed by atoms with Crippen molar-refractivity contribution in [1.29, 1.82) is 0 Å². The zero-order valence-corrected chi connectivity index (χ0v) is 18.6. The fourth-order valence-electron chi connectivity index (χ4n) is 3.74. The number of carbonyl (C=O) groups is 1. The summed E-state index contributed by atoms with van der Waals surface area (Å²) < 4.78 is 34.3. The molecule has 0 radical (unpaired) electrons. The maximum Gasteiger partial charge on any atom is 0.317 e. The van der Waals surface area contributed by atoms with Gasteiger partial charge in [0.15, 0.2) is 0 Å². The number of aryl methyl sites for hydroxylation is 1. The first-order valence-electron chi connectivity index (χ1n) is 10.8. The van der Waals surface area contributed by atoms with Crippen molar-refractivity contribution in [3.05, 3.63) is 65.7 Å². The largest absolute Gasteiger partial charge is 0.492 e. The van der Waals surface area contributed by atoms with Gasteiger partial charge < -0.3 is 19.9 Å². The third kappa shape index (κ3) is 5.21. The summed E-state index contributed by atoms with van der Waals surface area (Å²) in [5.74, 6) is 0.0739. The van der Waals surface area contributed by atoms with Crippen LogP contribution in [0.3, 0.4) is 0 Å². The molecule has 2 amide bonds. The average Bonchev–Trinajstić information content (AvgIpc) is 3.24. The van der Waals surface area contributed by atoms with Crippen LogP contribution in [0.25, 0.3) is 5.69 Å². The van der Waals surface area contributed by atoms with Gasteiger partial charge in [0.2, 0.25) is 0 Å². The lowest BCUT2D eigenvalue weighted by molar-refractivity contribution is 0.194. The van der Waals surface area contributed by atoms with E-state index in [0.29, 0.717) is 44.4 Å².